The molecule has 20 nitrogen and oxygen atoms in total. The summed E-state index contributed by atoms with van der Waals surface area (Å²) in [6, 6.07) is -1.85. The number of hydrogen-bond acceptors (Lipinski definition) is 15. The SMILES string of the molecule is C[C@H]1O[C@@H](OCCCO[C@H]2[C@@H](O)[C@H](O[C@@H]3[C@@H](O)[C@H]([NH3+])C[C@H]([NH3+])[C@H]3O[C@H]3O[C@H](C[NH3+])[C@@H](O)[C@H](O)[C@H]3[NH3+])O[C@H](C)[C@H]2O)[C@H](O)[C@H](OCC[NH3+])[C@@H]1O. The molecule has 0 bridgehead atoms. The number of rotatable bonds is 14. The average Bonchev–Trinajstić information content (AvgIpc) is 3.07. The fourth-order valence-corrected chi connectivity index (χ4v) is 6.74. The van der Waals surface area contributed by atoms with Gasteiger partial charge in [-0.15, -0.1) is 0 Å². The minimum atomic E-state index is -1.50. The molecule has 20 heteroatoms. The van der Waals surface area contributed by atoms with Gasteiger partial charge in [-0.25, -0.2) is 0 Å². The summed E-state index contributed by atoms with van der Waals surface area (Å²) in [5.74, 6) is 0. The first-order chi connectivity index (χ1) is 23.2. The van der Waals surface area contributed by atoms with Crippen LogP contribution in [0.5, 0.6) is 0 Å². The molecule has 4 rings (SSSR count). The smallest absolute Gasteiger partial charge is 0.214 e. The van der Waals surface area contributed by atoms with Crippen LogP contribution >= 0.6 is 0 Å². The minimum absolute atomic E-state index is 0.0336. The Balaban J connectivity index is 1.35. The second-order valence-electron chi connectivity index (χ2n) is 13.6. The zero-order valence-corrected chi connectivity index (χ0v) is 28.4. The molecule has 0 aromatic rings. The zero-order valence-electron chi connectivity index (χ0n) is 28.4. The van der Waals surface area contributed by atoms with E-state index in [1.165, 1.54) is 0 Å². The molecule has 22 N–H and O–H groups in total. The highest BCUT2D eigenvalue weighted by atomic mass is 16.7. The van der Waals surface area contributed by atoms with Crippen molar-refractivity contribution >= 4 is 0 Å². The largest absolute Gasteiger partial charge is 0.388 e. The Morgan fingerprint density at radius 3 is 1.71 bits per heavy atom. The number of aliphatic hydroxyl groups is 7. The fourth-order valence-electron chi connectivity index (χ4n) is 6.74. The summed E-state index contributed by atoms with van der Waals surface area (Å²) >= 11 is 0. The van der Waals surface area contributed by atoms with Crippen molar-refractivity contribution in [2.45, 2.75) is 149 Å². The van der Waals surface area contributed by atoms with Crippen molar-refractivity contribution in [2.24, 2.45) is 0 Å². The summed E-state index contributed by atoms with van der Waals surface area (Å²) in [6.07, 6.45) is -17.8. The molecule has 20 atom stereocenters. The van der Waals surface area contributed by atoms with Crippen LogP contribution in [-0.2, 0) is 37.9 Å². The van der Waals surface area contributed by atoms with E-state index >= 15 is 0 Å². The van der Waals surface area contributed by atoms with Gasteiger partial charge in [0.15, 0.2) is 18.6 Å². The predicted octanol–water partition coefficient (Wildman–Crippen LogP) is -10.6. The number of aliphatic hydroxyl groups excluding tert-OH is 7. The van der Waals surface area contributed by atoms with Gasteiger partial charge in [0.1, 0.15) is 91.9 Å². The van der Waals surface area contributed by atoms with Gasteiger partial charge in [-0.2, -0.15) is 0 Å². The van der Waals surface area contributed by atoms with Gasteiger partial charge in [0.25, 0.3) is 0 Å². The van der Waals surface area contributed by atoms with E-state index in [9.17, 15) is 35.7 Å². The summed E-state index contributed by atoms with van der Waals surface area (Å²) < 4.78 is 46.9. The van der Waals surface area contributed by atoms with Gasteiger partial charge in [0.2, 0.25) is 6.29 Å². The molecule has 0 amide bonds. The van der Waals surface area contributed by atoms with E-state index in [-0.39, 0.29) is 32.8 Å². The third-order valence-electron chi connectivity index (χ3n) is 9.81. The van der Waals surface area contributed by atoms with Crippen molar-refractivity contribution in [3.05, 3.63) is 0 Å². The highest BCUT2D eigenvalue weighted by molar-refractivity contribution is 4.98. The molecule has 4 aliphatic rings. The van der Waals surface area contributed by atoms with E-state index in [4.69, 9.17) is 37.9 Å². The lowest BCUT2D eigenvalue weighted by Crippen LogP contribution is -2.84. The molecule has 1 aliphatic carbocycles. The molecule has 0 aromatic carbocycles. The topological polar surface area (TPSA) is 354 Å². The molecule has 1 saturated carbocycles. The molecule has 288 valence electrons. The second kappa shape index (κ2) is 18.3. The van der Waals surface area contributed by atoms with Gasteiger partial charge in [-0.05, 0) is 20.3 Å². The lowest BCUT2D eigenvalue weighted by atomic mass is 9.84. The lowest BCUT2D eigenvalue weighted by molar-refractivity contribution is -0.537. The molecule has 0 spiro atoms. The maximum atomic E-state index is 11.3. The van der Waals surface area contributed by atoms with Gasteiger partial charge in [0.05, 0.1) is 38.4 Å². The fraction of sp³-hybridized carbons (Fsp3) is 1.00. The Morgan fingerprint density at radius 1 is 0.551 bits per heavy atom. The monoisotopic (exact) mass is 720 g/mol. The van der Waals surface area contributed by atoms with Crippen molar-refractivity contribution in [3.8, 4) is 0 Å². The van der Waals surface area contributed by atoms with Crippen LogP contribution in [0.15, 0.2) is 0 Å². The van der Waals surface area contributed by atoms with Gasteiger partial charge < -0.3 is 102 Å². The highest BCUT2D eigenvalue weighted by Gasteiger charge is 2.55. The highest BCUT2D eigenvalue weighted by Crippen LogP contribution is 2.32. The van der Waals surface area contributed by atoms with E-state index < -0.39 is 122 Å². The van der Waals surface area contributed by atoms with E-state index in [1.807, 2.05) is 0 Å². The molecule has 4 fully saturated rings. The molecular weight excluding hydrogens is 658 g/mol. The first-order valence-electron chi connectivity index (χ1n) is 17.2. The van der Waals surface area contributed by atoms with Gasteiger partial charge in [-0.1, -0.05) is 0 Å². The Hall–Kier alpha value is -0.800. The van der Waals surface area contributed by atoms with Crippen molar-refractivity contribution in [3.63, 3.8) is 0 Å². The van der Waals surface area contributed by atoms with Crippen LogP contribution in [0.4, 0.5) is 0 Å². The molecule has 3 heterocycles. The van der Waals surface area contributed by atoms with Gasteiger partial charge >= 0.3 is 0 Å². The Labute approximate surface area is 284 Å². The Morgan fingerprint density at radius 2 is 1.10 bits per heavy atom. The maximum absolute atomic E-state index is 11.3. The Kier molecular flexibility index (Phi) is 15.3. The van der Waals surface area contributed by atoms with Crippen LogP contribution in [0.2, 0.25) is 0 Å². The maximum Gasteiger partial charge on any atom is 0.214 e. The molecule has 3 saturated heterocycles. The van der Waals surface area contributed by atoms with Crippen LogP contribution in [0, 0.1) is 0 Å². The molecule has 0 unspecified atom stereocenters. The van der Waals surface area contributed by atoms with Gasteiger partial charge in [-0.3, -0.25) is 0 Å². The number of hydrogen-bond donors (Lipinski definition) is 12. The van der Waals surface area contributed by atoms with E-state index in [0.717, 1.165) is 0 Å². The third-order valence-corrected chi connectivity index (χ3v) is 9.81. The molecule has 0 aromatic heterocycles. The Bertz CT molecular complexity index is 996. The molecule has 49 heavy (non-hydrogen) atoms. The second-order valence-corrected chi connectivity index (χ2v) is 13.6. The quantitative estimate of drug-likeness (QED) is 0.0741. The van der Waals surface area contributed by atoms with Crippen LogP contribution in [-0.4, -0.2) is 191 Å². The third kappa shape index (κ3) is 9.42. The first kappa shape index (κ1) is 41.0. The number of quaternary nitrogens is 5. The number of ether oxygens (including phenoxy) is 8. The lowest BCUT2D eigenvalue weighted by Gasteiger charge is -2.46. The van der Waals surface area contributed by atoms with Crippen molar-refractivity contribution in [1.29, 1.82) is 0 Å². The summed E-state index contributed by atoms with van der Waals surface area (Å²) in [5, 5.41) is 75.2. The molecule has 0 radical (unpaired) electrons. The first-order valence-corrected chi connectivity index (χ1v) is 17.2. The van der Waals surface area contributed by atoms with E-state index in [0.29, 0.717) is 13.0 Å². The minimum Gasteiger partial charge on any atom is -0.388 e. The standard InChI is InChI=1S/C29H57N5O15/c1-10-16(35)24(43-7-4-30)21(40)28(45-10)44-6-3-5-42-25-17(36)11(2)46-29(22(25)41)49-26-18(37)12(32)8-13(33)23(26)48-27-15(34)20(39)19(38)14(9-31)47-27/h10-29,35-41H,3-9,30-34H2,1-2H3/p+5/t10-,11-,12-,13+,14-,15-,16-,17-,18+,19-,20-,21-,22-,23-,24-,25-,26-,27-,28-,29+/m1/s1. The summed E-state index contributed by atoms with van der Waals surface area (Å²) in [5.41, 5.74) is 19.6. The van der Waals surface area contributed by atoms with Crippen LogP contribution < -0.4 is 28.7 Å². The average molecular weight is 721 g/mol. The summed E-state index contributed by atoms with van der Waals surface area (Å²) in [7, 11) is 0. The van der Waals surface area contributed by atoms with Crippen LogP contribution in [0.1, 0.15) is 26.7 Å². The van der Waals surface area contributed by atoms with Crippen molar-refractivity contribution < 1.29 is 102 Å². The van der Waals surface area contributed by atoms with E-state index in [1.54, 1.807) is 13.8 Å². The predicted molar refractivity (Wildman–Crippen MR) is 159 cm³/mol. The molecular formula is C29H62N5O15+5. The van der Waals surface area contributed by atoms with Crippen molar-refractivity contribution in [1.82, 2.24) is 0 Å². The van der Waals surface area contributed by atoms with Crippen LogP contribution in [0.25, 0.3) is 0 Å². The van der Waals surface area contributed by atoms with Crippen LogP contribution in [0.3, 0.4) is 0 Å². The summed E-state index contributed by atoms with van der Waals surface area (Å²) in [6.45, 7) is 4.23. The normalized spacial score (nSPS) is 49.6. The van der Waals surface area contributed by atoms with Crippen molar-refractivity contribution in [2.75, 3.05) is 32.9 Å². The summed E-state index contributed by atoms with van der Waals surface area (Å²) in [4.78, 5) is 0. The van der Waals surface area contributed by atoms with Gasteiger partial charge in [0, 0.05) is 6.61 Å². The van der Waals surface area contributed by atoms with E-state index in [2.05, 4.69) is 28.7 Å². The zero-order chi connectivity index (χ0) is 36.2. The molecule has 3 aliphatic heterocycles.